The number of aromatic nitrogens is 2. The normalized spacial score (nSPS) is 11.9. The number of thiazole rings is 1. The largest absolute Gasteiger partial charge is 0.263 e. The summed E-state index contributed by atoms with van der Waals surface area (Å²) < 4.78 is 25.7. The summed E-state index contributed by atoms with van der Waals surface area (Å²) in [7, 11) is -2.16. The van der Waals surface area contributed by atoms with Crippen LogP contribution in [0.3, 0.4) is 0 Å². The van der Waals surface area contributed by atoms with Gasteiger partial charge in [-0.25, -0.2) is 13.4 Å². The molecule has 0 unspecified atom stereocenters. The lowest BCUT2D eigenvalue weighted by Crippen LogP contribution is -2.27. The number of pyridine rings is 1. The highest BCUT2D eigenvalue weighted by Crippen LogP contribution is 2.23. The smallest absolute Gasteiger partial charge is 0.246 e. The molecule has 18 heavy (non-hydrogen) atoms. The van der Waals surface area contributed by atoms with Crippen LogP contribution in [0, 0.1) is 0 Å². The summed E-state index contributed by atoms with van der Waals surface area (Å²) in [4.78, 5) is 7.84. The van der Waals surface area contributed by atoms with Crippen molar-refractivity contribution in [2.75, 3.05) is 7.05 Å². The lowest BCUT2D eigenvalue weighted by atomic mass is 10.5. The number of hydrogen-bond acceptors (Lipinski definition) is 5. The van der Waals surface area contributed by atoms with Crippen LogP contribution in [0.15, 0.2) is 34.2 Å². The zero-order valence-electron chi connectivity index (χ0n) is 9.45. The number of sulfonamides is 1. The third kappa shape index (κ3) is 2.69. The Labute approximate surface area is 114 Å². The van der Waals surface area contributed by atoms with Gasteiger partial charge in [0, 0.05) is 24.8 Å². The van der Waals surface area contributed by atoms with E-state index in [-0.39, 0.29) is 16.5 Å². The molecule has 96 valence electrons. The lowest BCUT2D eigenvalue weighted by Gasteiger charge is -2.16. The van der Waals surface area contributed by atoms with Crippen molar-refractivity contribution in [2.24, 2.45) is 0 Å². The minimum absolute atomic E-state index is 0.00407. The zero-order chi connectivity index (χ0) is 13.2. The van der Waals surface area contributed by atoms with E-state index in [1.54, 1.807) is 10.9 Å². The molecule has 0 N–H and O–H groups in total. The van der Waals surface area contributed by atoms with Crippen LogP contribution in [0.2, 0.25) is 5.02 Å². The SMILES string of the molecule is CN(Cc1cscn1)S(=O)(=O)c1cnccc1Cl. The standard InChI is InChI=1S/C10H10ClN3O2S2/c1-14(5-8-6-17-7-13-8)18(15,16)10-4-12-3-2-9(10)11/h2-4,6-7H,5H2,1H3. The number of halogens is 1. The predicted molar refractivity (Wildman–Crippen MR) is 70.0 cm³/mol. The fourth-order valence-electron chi connectivity index (χ4n) is 1.35. The van der Waals surface area contributed by atoms with Crippen LogP contribution in [0.25, 0.3) is 0 Å². The Kier molecular flexibility index (Phi) is 3.96. The van der Waals surface area contributed by atoms with Gasteiger partial charge in [-0.3, -0.25) is 4.98 Å². The lowest BCUT2D eigenvalue weighted by molar-refractivity contribution is 0.463. The van der Waals surface area contributed by atoms with Gasteiger partial charge in [0.25, 0.3) is 0 Å². The molecular formula is C10H10ClN3O2S2. The number of hydrogen-bond donors (Lipinski definition) is 0. The van der Waals surface area contributed by atoms with E-state index in [4.69, 9.17) is 11.6 Å². The first kappa shape index (κ1) is 13.4. The minimum atomic E-state index is -3.64. The van der Waals surface area contributed by atoms with Crippen LogP contribution in [-0.2, 0) is 16.6 Å². The van der Waals surface area contributed by atoms with Crippen LogP contribution in [-0.4, -0.2) is 29.7 Å². The van der Waals surface area contributed by atoms with Crippen molar-refractivity contribution >= 4 is 33.0 Å². The van der Waals surface area contributed by atoms with Crippen molar-refractivity contribution < 1.29 is 8.42 Å². The summed E-state index contributed by atoms with van der Waals surface area (Å²) in [6.07, 6.45) is 2.69. The van der Waals surface area contributed by atoms with Gasteiger partial charge in [0.2, 0.25) is 10.0 Å². The molecule has 0 aliphatic carbocycles. The molecule has 0 spiro atoms. The molecular weight excluding hydrogens is 294 g/mol. The van der Waals surface area contributed by atoms with Gasteiger partial charge in [0.15, 0.2) is 0 Å². The first-order chi connectivity index (χ1) is 8.51. The molecule has 0 atom stereocenters. The van der Waals surface area contributed by atoms with Crippen molar-refractivity contribution in [3.8, 4) is 0 Å². The molecule has 8 heteroatoms. The van der Waals surface area contributed by atoms with E-state index in [2.05, 4.69) is 9.97 Å². The zero-order valence-corrected chi connectivity index (χ0v) is 11.8. The summed E-state index contributed by atoms with van der Waals surface area (Å²) in [6.45, 7) is 0.205. The van der Waals surface area contributed by atoms with Crippen LogP contribution in [0.1, 0.15) is 5.69 Å². The van der Waals surface area contributed by atoms with Gasteiger partial charge >= 0.3 is 0 Å². The molecule has 0 fully saturated rings. The van der Waals surface area contributed by atoms with E-state index in [1.165, 1.54) is 41.1 Å². The van der Waals surface area contributed by atoms with Gasteiger partial charge in [-0.15, -0.1) is 11.3 Å². The quantitative estimate of drug-likeness (QED) is 0.867. The minimum Gasteiger partial charge on any atom is -0.263 e. The summed E-state index contributed by atoms with van der Waals surface area (Å²) in [6, 6.07) is 1.45. The molecule has 0 aliphatic heterocycles. The molecule has 2 aromatic rings. The maximum Gasteiger partial charge on any atom is 0.246 e. The fourth-order valence-corrected chi connectivity index (χ4v) is 3.44. The van der Waals surface area contributed by atoms with Crippen molar-refractivity contribution in [2.45, 2.75) is 11.4 Å². The second kappa shape index (κ2) is 5.31. The molecule has 0 aliphatic rings. The Morgan fingerprint density at radius 2 is 2.28 bits per heavy atom. The Morgan fingerprint density at radius 1 is 1.50 bits per heavy atom. The van der Waals surface area contributed by atoms with E-state index in [9.17, 15) is 8.42 Å². The average molecular weight is 304 g/mol. The van der Waals surface area contributed by atoms with Gasteiger partial charge in [-0.1, -0.05) is 11.6 Å². The third-order valence-corrected chi connectivity index (χ3v) is 5.20. The molecule has 2 rings (SSSR count). The summed E-state index contributed by atoms with van der Waals surface area (Å²) >= 11 is 7.30. The average Bonchev–Trinajstić information content (AvgIpc) is 2.82. The van der Waals surface area contributed by atoms with Crippen molar-refractivity contribution in [3.63, 3.8) is 0 Å². The molecule has 0 saturated heterocycles. The first-order valence-corrected chi connectivity index (χ1v) is 7.71. The van der Waals surface area contributed by atoms with E-state index in [0.29, 0.717) is 5.69 Å². The Hall–Kier alpha value is -1.02. The van der Waals surface area contributed by atoms with Crippen LogP contribution in [0.4, 0.5) is 0 Å². The number of nitrogens with zero attached hydrogens (tertiary/aromatic N) is 3. The van der Waals surface area contributed by atoms with E-state index < -0.39 is 10.0 Å². The van der Waals surface area contributed by atoms with Gasteiger partial charge in [-0.05, 0) is 6.07 Å². The molecule has 0 amide bonds. The Bertz CT molecular complexity index is 628. The maximum absolute atomic E-state index is 12.3. The topological polar surface area (TPSA) is 63.2 Å². The van der Waals surface area contributed by atoms with Crippen molar-refractivity contribution in [1.82, 2.24) is 14.3 Å². The predicted octanol–water partition coefficient (Wildman–Crippen LogP) is 2.01. The maximum atomic E-state index is 12.3. The van der Waals surface area contributed by atoms with Crippen LogP contribution in [0.5, 0.6) is 0 Å². The third-order valence-electron chi connectivity index (χ3n) is 2.29. The Balaban J connectivity index is 2.29. The summed E-state index contributed by atoms with van der Waals surface area (Å²) in [5, 5.41) is 1.96. The van der Waals surface area contributed by atoms with Gasteiger partial charge in [-0.2, -0.15) is 4.31 Å². The van der Waals surface area contributed by atoms with Crippen molar-refractivity contribution in [1.29, 1.82) is 0 Å². The molecule has 0 aromatic carbocycles. The van der Waals surface area contributed by atoms with Crippen LogP contribution >= 0.6 is 22.9 Å². The van der Waals surface area contributed by atoms with Crippen molar-refractivity contribution in [3.05, 3.63) is 40.1 Å². The van der Waals surface area contributed by atoms with Crippen LogP contribution < -0.4 is 0 Å². The molecule has 0 bridgehead atoms. The highest BCUT2D eigenvalue weighted by molar-refractivity contribution is 7.89. The second-order valence-electron chi connectivity index (χ2n) is 3.55. The molecule has 0 radical (unpaired) electrons. The first-order valence-electron chi connectivity index (χ1n) is 4.94. The summed E-state index contributed by atoms with van der Waals surface area (Å²) in [5.41, 5.74) is 2.36. The Morgan fingerprint density at radius 3 is 2.89 bits per heavy atom. The number of rotatable bonds is 4. The van der Waals surface area contributed by atoms with Gasteiger partial charge < -0.3 is 0 Å². The van der Waals surface area contributed by atoms with E-state index in [0.717, 1.165) is 0 Å². The molecule has 2 aromatic heterocycles. The van der Waals surface area contributed by atoms with E-state index >= 15 is 0 Å². The molecule has 2 heterocycles. The second-order valence-corrected chi connectivity index (χ2v) is 6.69. The highest BCUT2D eigenvalue weighted by atomic mass is 35.5. The molecule has 5 nitrogen and oxygen atoms in total. The molecule has 0 saturated carbocycles. The monoisotopic (exact) mass is 303 g/mol. The van der Waals surface area contributed by atoms with Gasteiger partial charge in [0.05, 0.1) is 22.8 Å². The van der Waals surface area contributed by atoms with Gasteiger partial charge in [0.1, 0.15) is 4.90 Å². The highest BCUT2D eigenvalue weighted by Gasteiger charge is 2.24. The fraction of sp³-hybridized carbons (Fsp3) is 0.200. The summed E-state index contributed by atoms with van der Waals surface area (Å²) in [5.74, 6) is 0. The van der Waals surface area contributed by atoms with E-state index in [1.807, 2.05) is 0 Å².